The number of ether oxygens (including phenoxy) is 1. The number of aliphatic hydroxyl groups is 3. The third-order valence-electron chi connectivity index (χ3n) is 2.75. The van der Waals surface area contributed by atoms with E-state index in [1.807, 2.05) is 0 Å². The average Bonchev–Trinajstić information content (AvgIpc) is 2.31. The van der Waals surface area contributed by atoms with E-state index >= 15 is 0 Å². The smallest absolute Gasteiger partial charge is 0.321 e. The lowest BCUT2D eigenvalue weighted by Crippen LogP contribution is -2.58. The second-order valence-electron chi connectivity index (χ2n) is 4.27. The molecule has 9 heteroatoms. The van der Waals surface area contributed by atoms with Crippen molar-refractivity contribution in [2.24, 2.45) is 0 Å². The summed E-state index contributed by atoms with van der Waals surface area (Å²) in [6.07, 6.45) is -8.28. The van der Waals surface area contributed by atoms with E-state index in [-0.39, 0.29) is 13.0 Å². The fraction of sp³-hybridized carbons (Fsp3) is 0.900. The van der Waals surface area contributed by atoms with Gasteiger partial charge in [0, 0.05) is 13.0 Å². The minimum Gasteiger partial charge on any atom is -0.394 e. The molecule has 2 amide bonds. The molecule has 0 radical (unpaired) electrons. The van der Waals surface area contributed by atoms with Crippen LogP contribution in [0.1, 0.15) is 13.3 Å². The number of aliphatic hydroxyl groups excluding tert-OH is 3. The summed E-state index contributed by atoms with van der Waals surface area (Å²) in [6.45, 7) is 0.516. The topological polar surface area (TPSA) is 102 Å². The Morgan fingerprint density at radius 1 is 1.58 bits per heavy atom. The number of amides is 2. The number of carbonyl (C=O) groups excluding carboxylic acids is 1. The number of carbonyl (C=O) groups is 1. The highest BCUT2D eigenvalue weighted by Gasteiger charge is 2.37. The van der Waals surface area contributed by atoms with Gasteiger partial charge in [-0.25, -0.2) is 13.6 Å². The first kappa shape index (κ1) is 16.0. The number of alkyl halides is 2. The molecule has 0 unspecified atom stereocenters. The summed E-state index contributed by atoms with van der Waals surface area (Å²) in [6, 6.07) is -0.883. The lowest BCUT2D eigenvalue weighted by molar-refractivity contribution is -0.184. The van der Waals surface area contributed by atoms with Crippen molar-refractivity contribution in [2.45, 2.75) is 44.4 Å². The van der Waals surface area contributed by atoms with Crippen molar-refractivity contribution in [3.8, 4) is 0 Å². The Balaban J connectivity index is 2.74. The zero-order valence-electron chi connectivity index (χ0n) is 10.4. The van der Waals surface area contributed by atoms with E-state index in [0.717, 1.165) is 4.90 Å². The zero-order valence-corrected chi connectivity index (χ0v) is 10.4. The molecular weight excluding hydrogens is 266 g/mol. The maximum Gasteiger partial charge on any atom is 0.321 e. The van der Waals surface area contributed by atoms with Crippen LogP contribution in [0.15, 0.2) is 0 Å². The fourth-order valence-corrected chi connectivity index (χ4v) is 1.66. The summed E-state index contributed by atoms with van der Waals surface area (Å²) in [5, 5.41) is 29.5. The standard InChI is InChI=1S/C10H18F2N2O5/c1-5(16)6(4-15)19-9(8(11)12)14-3-2-7(17)13-10(14)18/h5-9,15-17H,2-4H2,1H3,(H,13,18)/t5-,6+,7+,9+/m0/s1. The second-order valence-corrected chi connectivity index (χ2v) is 4.27. The van der Waals surface area contributed by atoms with E-state index in [4.69, 9.17) is 14.9 Å². The predicted octanol–water partition coefficient (Wildman–Crippen LogP) is -0.930. The van der Waals surface area contributed by atoms with Gasteiger partial charge < -0.3 is 25.4 Å². The predicted molar refractivity (Wildman–Crippen MR) is 59.3 cm³/mol. The van der Waals surface area contributed by atoms with E-state index in [1.54, 1.807) is 0 Å². The molecule has 19 heavy (non-hydrogen) atoms. The van der Waals surface area contributed by atoms with Crippen molar-refractivity contribution < 1.29 is 33.6 Å². The van der Waals surface area contributed by atoms with Crippen molar-refractivity contribution in [2.75, 3.05) is 13.2 Å². The molecule has 1 heterocycles. The molecule has 0 spiro atoms. The molecule has 4 atom stereocenters. The van der Waals surface area contributed by atoms with Gasteiger partial charge in [0.1, 0.15) is 12.3 Å². The summed E-state index contributed by atoms with van der Waals surface area (Å²) in [5.74, 6) is 0. The van der Waals surface area contributed by atoms with Crippen LogP contribution in [0.3, 0.4) is 0 Å². The Kier molecular flexibility index (Phi) is 5.85. The van der Waals surface area contributed by atoms with Crippen LogP contribution in [0, 0.1) is 0 Å². The van der Waals surface area contributed by atoms with Crippen LogP contribution in [-0.4, -0.2) is 70.5 Å². The van der Waals surface area contributed by atoms with Crippen molar-refractivity contribution in [1.82, 2.24) is 10.2 Å². The van der Waals surface area contributed by atoms with Gasteiger partial charge in [-0.15, -0.1) is 0 Å². The van der Waals surface area contributed by atoms with Crippen LogP contribution in [0.5, 0.6) is 0 Å². The number of hydrogen-bond acceptors (Lipinski definition) is 5. The van der Waals surface area contributed by atoms with Gasteiger partial charge in [0.2, 0.25) is 0 Å². The number of rotatable bonds is 6. The van der Waals surface area contributed by atoms with Crippen molar-refractivity contribution in [1.29, 1.82) is 0 Å². The van der Waals surface area contributed by atoms with Crippen molar-refractivity contribution in [3.05, 3.63) is 0 Å². The van der Waals surface area contributed by atoms with Crippen LogP contribution in [0.2, 0.25) is 0 Å². The third-order valence-corrected chi connectivity index (χ3v) is 2.75. The van der Waals surface area contributed by atoms with E-state index in [1.165, 1.54) is 6.92 Å². The Labute approximate surface area is 108 Å². The molecule has 0 aromatic rings. The van der Waals surface area contributed by atoms with Crippen LogP contribution in [-0.2, 0) is 4.74 Å². The number of urea groups is 1. The molecule has 0 aromatic carbocycles. The highest BCUT2D eigenvalue weighted by atomic mass is 19.3. The monoisotopic (exact) mass is 284 g/mol. The molecule has 0 bridgehead atoms. The number of nitrogens with one attached hydrogen (secondary N) is 1. The van der Waals surface area contributed by atoms with Gasteiger partial charge in [0.05, 0.1) is 12.7 Å². The summed E-state index contributed by atoms with van der Waals surface area (Å²) in [7, 11) is 0. The van der Waals surface area contributed by atoms with E-state index in [9.17, 15) is 18.7 Å². The van der Waals surface area contributed by atoms with Crippen LogP contribution >= 0.6 is 0 Å². The lowest BCUT2D eigenvalue weighted by Gasteiger charge is -2.37. The zero-order chi connectivity index (χ0) is 14.6. The van der Waals surface area contributed by atoms with E-state index in [0.29, 0.717) is 0 Å². The average molecular weight is 284 g/mol. The Morgan fingerprint density at radius 2 is 2.21 bits per heavy atom. The SMILES string of the molecule is C[C@H](O)[C@@H](CO)O[C@H](C(F)F)N1CC[C@@H](O)NC1=O. The highest BCUT2D eigenvalue weighted by molar-refractivity contribution is 5.75. The molecular formula is C10H18F2N2O5. The number of nitrogens with zero attached hydrogens (tertiary/aromatic N) is 1. The molecule has 1 fully saturated rings. The summed E-state index contributed by atoms with van der Waals surface area (Å²) < 4.78 is 30.8. The van der Waals surface area contributed by atoms with Gasteiger partial charge >= 0.3 is 6.03 Å². The van der Waals surface area contributed by atoms with Crippen molar-refractivity contribution >= 4 is 6.03 Å². The minimum absolute atomic E-state index is 0.0801. The van der Waals surface area contributed by atoms with Crippen LogP contribution in [0.4, 0.5) is 13.6 Å². The molecule has 7 nitrogen and oxygen atoms in total. The Bertz CT molecular complexity index is 306. The van der Waals surface area contributed by atoms with Gasteiger partial charge in [-0.1, -0.05) is 0 Å². The fourth-order valence-electron chi connectivity index (χ4n) is 1.66. The van der Waals surface area contributed by atoms with Gasteiger partial charge in [-0.3, -0.25) is 4.90 Å². The molecule has 1 aliphatic heterocycles. The van der Waals surface area contributed by atoms with Gasteiger partial charge in [0.25, 0.3) is 6.43 Å². The molecule has 4 N–H and O–H groups in total. The largest absolute Gasteiger partial charge is 0.394 e. The van der Waals surface area contributed by atoms with E-state index in [2.05, 4.69) is 5.32 Å². The van der Waals surface area contributed by atoms with Gasteiger partial charge in [-0.05, 0) is 6.92 Å². The summed E-state index contributed by atoms with van der Waals surface area (Å²) >= 11 is 0. The maximum absolute atomic E-state index is 12.9. The molecule has 0 aliphatic carbocycles. The van der Waals surface area contributed by atoms with Crippen LogP contribution in [0.25, 0.3) is 0 Å². The highest BCUT2D eigenvalue weighted by Crippen LogP contribution is 2.18. The molecule has 0 saturated carbocycles. The van der Waals surface area contributed by atoms with E-state index < -0.39 is 43.7 Å². The van der Waals surface area contributed by atoms with Gasteiger partial charge in [-0.2, -0.15) is 0 Å². The molecule has 1 aliphatic rings. The third kappa shape index (κ3) is 4.23. The number of halogens is 2. The first-order chi connectivity index (χ1) is 8.86. The maximum atomic E-state index is 12.9. The second kappa shape index (κ2) is 6.94. The summed E-state index contributed by atoms with van der Waals surface area (Å²) in [4.78, 5) is 12.2. The van der Waals surface area contributed by atoms with Gasteiger partial charge in [0.15, 0.2) is 6.23 Å². The Hall–Kier alpha value is -1.03. The lowest BCUT2D eigenvalue weighted by atomic mass is 10.2. The van der Waals surface area contributed by atoms with Crippen LogP contribution < -0.4 is 5.32 Å². The molecule has 1 rings (SSSR count). The Morgan fingerprint density at radius 3 is 2.63 bits per heavy atom. The normalized spacial score (nSPS) is 25.1. The molecule has 0 aromatic heterocycles. The minimum atomic E-state index is -3.01. The summed E-state index contributed by atoms with van der Waals surface area (Å²) in [5.41, 5.74) is 0. The first-order valence-electron chi connectivity index (χ1n) is 5.84. The quantitative estimate of drug-likeness (QED) is 0.505. The first-order valence-corrected chi connectivity index (χ1v) is 5.84. The van der Waals surface area contributed by atoms with Crippen molar-refractivity contribution in [3.63, 3.8) is 0 Å². The number of hydrogen-bond donors (Lipinski definition) is 4. The molecule has 112 valence electrons. The molecule has 1 saturated heterocycles.